The third-order valence-electron chi connectivity index (χ3n) is 4.62. The first-order valence-electron chi connectivity index (χ1n) is 7.29. The molecule has 0 saturated carbocycles. The van der Waals surface area contributed by atoms with E-state index in [9.17, 15) is 4.79 Å². The van der Waals surface area contributed by atoms with Gasteiger partial charge in [0.25, 0.3) is 5.91 Å². The molecule has 1 atom stereocenters. The van der Waals surface area contributed by atoms with E-state index in [4.69, 9.17) is 4.52 Å². The molecule has 5 rings (SSSR count). The molecule has 0 spiro atoms. The largest absolute Gasteiger partial charge is 0.350 e. The number of aromatic nitrogens is 1. The van der Waals surface area contributed by atoms with Gasteiger partial charge in [0.05, 0.1) is 5.39 Å². The van der Waals surface area contributed by atoms with Crippen molar-refractivity contribution in [1.29, 1.82) is 0 Å². The zero-order valence-electron chi connectivity index (χ0n) is 11.5. The van der Waals surface area contributed by atoms with E-state index in [1.807, 2.05) is 18.2 Å². The summed E-state index contributed by atoms with van der Waals surface area (Å²) in [6.07, 6.45) is 2.35. The predicted octanol–water partition coefficient (Wildman–Crippen LogP) is 2.41. The second kappa shape index (κ2) is 5.10. The van der Waals surface area contributed by atoms with Crippen LogP contribution in [0.5, 0.6) is 0 Å². The summed E-state index contributed by atoms with van der Waals surface area (Å²) in [5, 5.41) is 7.84. The molecular formula is C15H16BrN3O2. The fraction of sp³-hybridized carbons (Fsp3) is 0.467. The van der Waals surface area contributed by atoms with Crippen LogP contribution in [0.15, 0.2) is 27.2 Å². The normalized spacial score (nSPS) is 28.0. The summed E-state index contributed by atoms with van der Waals surface area (Å²) in [6.45, 7) is 3.27. The van der Waals surface area contributed by atoms with Gasteiger partial charge in [-0.3, -0.25) is 4.79 Å². The Kier molecular flexibility index (Phi) is 3.23. The smallest absolute Gasteiger partial charge is 0.290 e. The Labute approximate surface area is 130 Å². The van der Waals surface area contributed by atoms with Crippen molar-refractivity contribution in [3.63, 3.8) is 0 Å². The maximum atomic E-state index is 12.5. The number of piperidine rings is 3. The molecule has 110 valence electrons. The quantitative estimate of drug-likeness (QED) is 0.904. The van der Waals surface area contributed by atoms with Crippen LogP contribution in [0.25, 0.3) is 10.9 Å². The van der Waals surface area contributed by atoms with E-state index in [0.29, 0.717) is 17.2 Å². The van der Waals surface area contributed by atoms with Gasteiger partial charge in [0.1, 0.15) is 5.52 Å². The first-order valence-corrected chi connectivity index (χ1v) is 8.08. The molecule has 0 unspecified atom stereocenters. The Morgan fingerprint density at radius 1 is 1.38 bits per heavy atom. The number of amides is 1. The maximum absolute atomic E-state index is 12.5. The van der Waals surface area contributed by atoms with Gasteiger partial charge in [-0.2, -0.15) is 0 Å². The van der Waals surface area contributed by atoms with Gasteiger partial charge in [-0.05, 0) is 50.0 Å². The molecule has 0 radical (unpaired) electrons. The number of nitrogens with one attached hydrogen (secondary N) is 1. The molecule has 5 nitrogen and oxygen atoms in total. The van der Waals surface area contributed by atoms with Gasteiger partial charge < -0.3 is 14.7 Å². The van der Waals surface area contributed by atoms with Crippen LogP contribution in [0, 0.1) is 5.92 Å². The minimum absolute atomic E-state index is 0.158. The van der Waals surface area contributed by atoms with Crippen LogP contribution in [0.1, 0.15) is 23.4 Å². The number of hydrogen-bond acceptors (Lipinski definition) is 4. The number of benzene rings is 1. The molecule has 6 heteroatoms. The van der Waals surface area contributed by atoms with E-state index in [0.717, 1.165) is 29.5 Å². The molecular weight excluding hydrogens is 334 g/mol. The van der Waals surface area contributed by atoms with Crippen molar-refractivity contribution in [1.82, 2.24) is 15.4 Å². The molecule has 3 saturated heterocycles. The average Bonchev–Trinajstić information content (AvgIpc) is 2.91. The Morgan fingerprint density at radius 2 is 2.19 bits per heavy atom. The zero-order valence-corrected chi connectivity index (χ0v) is 13.1. The van der Waals surface area contributed by atoms with E-state index < -0.39 is 0 Å². The third kappa shape index (κ3) is 2.36. The monoisotopic (exact) mass is 349 g/mol. The van der Waals surface area contributed by atoms with Crippen LogP contribution < -0.4 is 5.32 Å². The first-order chi connectivity index (χ1) is 10.2. The number of rotatable bonds is 2. The second-order valence-electron chi connectivity index (χ2n) is 5.89. The summed E-state index contributed by atoms with van der Waals surface area (Å²) in [5.41, 5.74) is 0.706. The van der Waals surface area contributed by atoms with Crippen molar-refractivity contribution in [2.24, 2.45) is 5.92 Å². The predicted molar refractivity (Wildman–Crippen MR) is 82.1 cm³/mol. The summed E-state index contributed by atoms with van der Waals surface area (Å²) >= 11 is 3.42. The summed E-state index contributed by atoms with van der Waals surface area (Å²) in [4.78, 5) is 14.9. The molecule has 2 aromatic rings. The average molecular weight is 350 g/mol. The number of carbonyl (C=O) groups is 1. The van der Waals surface area contributed by atoms with Crippen LogP contribution in [-0.4, -0.2) is 41.6 Å². The van der Waals surface area contributed by atoms with Crippen molar-refractivity contribution in [3.8, 4) is 0 Å². The van der Waals surface area contributed by atoms with Gasteiger partial charge in [0.2, 0.25) is 5.76 Å². The lowest BCUT2D eigenvalue weighted by molar-refractivity contribution is 0.0602. The highest BCUT2D eigenvalue weighted by atomic mass is 79.9. The zero-order chi connectivity index (χ0) is 14.4. The lowest BCUT2D eigenvalue weighted by Crippen LogP contribution is -2.57. The molecule has 21 heavy (non-hydrogen) atoms. The molecule has 1 amide bonds. The molecule has 1 aromatic carbocycles. The van der Waals surface area contributed by atoms with E-state index in [1.54, 1.807) is 0 Å². The van der Waals surface area contributed by atoms with Crippen molar-refractivity contribution < 1.29 is 9.32 Å². The first kappa shape index (κ1) is 13.3. The van der Waals surface area contributed by atoms with Crippen LogP contribution in [0.4, 0.5) is 0 Å². The lowest BCUT2D eigenvalue weighted by Gasteiger charge is -2.44. The van der Waals surface area contributed by atoms with Crippen molar-refractivity contribution in [3.05, 3.63) is 28.4 Å². The fourth-order valence-corrected chi connectivity index (χ4v) is 3.80. The molecule has 3 fully saturated rings. The van der Waals surface area contributed by atoms with Gasteiger partial charge in [-0.25, -0.2) is 0 Å². The maximum Gasteiger partial charge on any atom is 0.290 e. The minimum Gasteiger partial charge on any atom is -0.350 e. The SMILES string of the molecule is O=C(N[C@@H]1CN2CCC1CC2)c1onc2ccc(Br)cc12. The Balaban J connectivity index is 1.57. The molecule has 1 N–H and O–H groups in total. The molecule has 3 aliphatic rings. The van der Waals surface area contributed by atoms with E-state index in [-0.39, 0.29) is 11.9 Å². The lowest BCUT2D eigenvalue weighted by atomic mass is 9.84. The van der Waals surface area contributed by atoms with Crippen LogP contribution >= 0.6 is 15.9 Å². The highest BCUT2D eigenvalue weighted by molar-refractivity contribution is 9.10. The number of nitrogens with zero attached hydrogens (tertiary/aromatic N) is 2. The molecule has 2 bridgehead atoms. The number of halogens is 1. The minimum atomic E-state index is -0.158. The van der Waals surface area contributed by atoms with Crippen LogP contribution in [-0.2, 0) is 0 Å². The molecule has 3 aliphatic heterocycles. The van der Waals surface area contributed by atoms with Crippen LogP contribution in [0.2, 0.25) is 0 Å². The van der Waals surface area contributed by atoms with Gasteiger partial charge in [-0.15, -0.1) is 0 Å². The number of carbonyl (C=O) groups excluding carboxylic acids is 1. The summed E-state index contributed by atoms with van der Waals surface area (Å²) in [7, 11) is 0. The highest BCUT2D eigenvalue weighted by Gasteiger charge is 2.35. The summed E-state index contributed by atoms with van der Waals surface area (Å²) in [5.74, 6) is 0.747. The Hall–Kier alpha value is -1.40. The second-order valence-corrected chi connectivity index (χ2v) is 6.81. The van der Waals surface area contributed by atoms with Crippen molar-refractivity contribution >= 4 is 32.7 Å². The standard InChI is InChI=1S/C15H16BrN3O2/c16-10-1-2-12-11(7-10)14(21-18-12)15(20)17-13-8-19-5-3-9(13)4-6-19/h1-2,7,9,13H,3-6,8H2,(H,17,20)/t13-/m1/s1. The highest BCUT2D eigenvalue weighted by Crippen LogP contribution is 2.28. The van der Waals surface area contributed by atoms with Gasteiger partial charge in [0.15, 0.2) is 0 Å². The van der Waals surface area contributed by atoms with Gasteiger partial charge in [-0.1, -0.05) is 21.1 Å². The number of hydrogen-bond donors (Lipinski definition) is 1. The Bertz CT molecular complexity index is 691. The van der Waals surface area contributed by atoms with Crippen molar-refractivity contribution in [2.45, 2.75) is 18.9 Å². The molecule has 1 aromatic heterocycles. The summed E-state index contributed by atoms with van der Waals surface area (Å²) < 4.78 is 6.17. The molecule has 0 aliphatic carbocycles. The van der Waals surface area contributed by atoms with Gasteiger partial charge in [0, 0.05) is 17.1 Å². The molecule has 4 heterocycles. The van der Waals surface area contributed by atoms with E-state index in [1.165, 1.54) is 12.8 Å². The number of fused-ring (bicyclic) bond motifs is 4. The van der Waals surface area contributed by atoms with Crippen LogP contribution in [0.3, 0.4) is 0 Å². The topological polar surface area (TPSA) is 58.4 Å². The Morgan fingerprint density at radius 3 is 2.90 bits per heavy atom. The third-order valence-corrected chi connectivity index (χ3v) is 5.11. The van der Waals surface area contributed by atoms with E-state index in [2.05, 4.69) is 31.3 Å². The summed E-state index contributed by atoms with van der Waals surface area (Å²) in [6, 6.07) is 5.83. The van der Waals surface area contributed by atoms with Crippen molar-refractivity contribution in [2.75, 3.05) is 19.6 Å². The van der Waals surface area contributed by atoms with Gasteiger partial charge >= 0.3 is 0 Å². The fourth-order valence-electron chi connectivity index (χ4n) is 3.44. The van der Waals surface area contributed by atoms with E-state index >= 15 is 0 Å².